The Hall–Kier alpha value is -3.58. The van der Waals surface area contributed by atoms with E-state index in [2.05, 4.69) is 20.6 Å². The Balaban J connectivity index is 1.44. The second-order valence-electron chi connectivity index (χ2n) is 6.13. The largest absolute Gasteiger partial charge is 0.479 e. The van der Waals surface area contributed by atoms with Crippen molar-refractivity contribution < 1.29 is 9.53 Å². The first-order valence-electron chi connectivity index (χ1n) is 8.91. The minimum Gasteiger partial charge on any atom is -0.479 e. The summed E-state index contributed by atoms with van der Waals surface area (Å²) in [5.41, 5.74) is 2.00. The lowest BCUT2D eigenvalue weighted by Gasteiger charge is -2.12. The number of fused-ring (bicyclic) bond motifs is 1. The standard InChI is InChI=1S/C22H18N4O2S/c1-28-21-20(14-15-4-2-3-5-19(15)25-21)26-22(27)24-16-6-8-17(9-7-16)29-18-10-12-23-13-11-18/h2-14H,1H3,(H2,24,26,27). The van der Waals surface area contributed by atoms with Gasteiger partial charge < -0.3 is 15.4 Å². The number of hydrogen-bond donors (Lipinski definition) is 2. The van der Waals surface area contributed by atoms with Gasteiger partial charge >= 0.3 is 6.03 Å². The normalized spacial score (nSPS) is 10.5. The van der Waals surface area contributed by atoms with Gasteiger partial charge in [-0.15, -0.1) is 0 Å². The van der Waals surface area contributed by atoms with Crippen LogP contribution in [0.25, 0.3) is 10.9 Å². The average Bonchev–Trinajstić information content (AvgIpc) is 2.75. The molecule has 144 valence electrons. The molecule has 0 radical (unpaired) electrons. The zero-order chi connectivity index (χ0) is 20.1. The number of para-hydroxylation sites is 1. The molecule has 0 spiro atoms. The van der Waals surface area contributed by atoms with Crippen molar-refractivity contribution in [2.75, 3.05) is 17.7 Å². The number of carbonyl (C=O) groups excluding carboxylic acids is 1. The Morgan fingerprint density at radius 1 is 0.931 bits per heavy atom. The van der Waals surface area contributed by atoms with Crippen LogP contribution in [-0.4, -0.2) is 23.1 Å². The number of rotatable bonds is 5. The highest BCUT2D eigenvalue weighted by atomic mass is 32.2. The van der Waals surface area contributed by atoms with E-state index >= 15 is 0 Å². The van der Waals surface area contributed by atoms with Gasteiger partial charge in [0, 0.05) is 33.3 Å². The summed E-state index contributed by atoms with van der Waals surface area (Å²) in [6.45, 7) is 0. The molecular formula is C22H18N4O2S. The maximum atomic E-state index is 12.4. The van der Waals surface area contributed by atoms with Crippen LogP contribution in [0.2, 0.25) is 0 Å². The number of hydrogen-bond acceptors (Lipinski definition) is 5. The third-order valence-electron chi connectivity index (χ3n) is 4.13. The number of benzene rings is 2. The van der Waals surface area contributed by atoms with Gasteiger partial charge in [-0.2, -0.15) is 0 Å². The molecule has 4 aromatic rings. The zero-order valence-corrected chi connectivity index (χ0v) is 16.4. The Morgan fingerprint density at radius 2 is 1.66 bits per heavy atom. The second kappa shape index (κ2) is 8.62. The minimum absolute atomic E-state index is 0.364. The third kappa shape index (κ3) is 4.64. The molecule has 0 saturated heterocycles. The average molecular weight is 402 g/mol. The summed E-state index contributed by atoms with van der Waals surface area (Å²) >= 11 is 1.63. The maximum Gasteiger partial charge on any atom is 0.323 e. The first-order chi connectivity index (χ1) is 14.2. The summed E-state index contributed by atoms with van der Waals surface area (Å²) in [5.74, 6) is 0.364. The van der Waals surface area contributed by atoms with E-state index in [0.29, 0.717) is 17.3 Å². The van der Waals surface area contributed by atoms with Crippen LogP contribution in [0.4, 0.5) is 16.2 Å². The monoisotopic (exact) mass is 402 g/mol. The van der Waals surface area contributed by atoms with Crippen molar-refractivity contribution in [3.63, 3.8) is 0 Å². The molecule has 6 nitrogen and oxygen atoms in total. The van der Waals surface area contributed by atoms with Gasteiger partial charge in [-0.25, -0.2) is 9.78 Å². The molecule has 0 atom stereocenters. The van der Waals surface area contributed by atoms with Gasteiger partial charge in [0.15, 0.2) is 0 Å². The molecule has 0 aliphatic carbocycles. The van der Waals surface area contributed by atoms with Gasteiger partial charge in [-0.3, -0.25) is 4.98 Å². The van der Waals surface area contributed by atoms with Gasteiger partial charge in [0.1, 0.15) is 5.69 Å². The van der Waals surface area contributed by atoms with Crippen molar-refractivity contribution in [2.45, 2.75) is 9.79 Å². The SMILES string of the molecule is COc1nc2ccccc2cc1NC(=O)Nc1ccc(Sc2ccncc2)cc1. The van der Waals surface area contributed by atoms with Crippen molar-refractivity contribution in [3.05, 3.63) is 79.1 Å². The number of anilines is 2. The molecule has 2 aromatic carbocycles. The topological polar surface area (TPSA) is 76.1 Å². The van der Waals surface area contributed by atoms with Crippen LogP contribution >= 0.6 is 11.8 Å². The van der Waals surface area contributed by atoms with Crippen LogP contribution in [0.3, 0.4) is 0 Å². The highest BCUT2D eigenvalue weighted by molar-refractivity contribution is 7.99. The second-order valence-corrected chi connectivity index (χ2v) is 7.27. The number of aromatic nitrogens is 2. The van der Waals surface area contributed by atoms with Gasteiger partial charge in [-0.05, 0) is 48.5 Å². The van der Waals surface area contributed by atoms with Crippen LogP contribution < -0.4 is 15.4 Å². The van der Waals surface area contributed by atoms with E-state index in [-0.39, 0.29) is 6.03 Å². The molecule has 0 fully saturated rings. The number of carbonyl (C=O) groups is 1. The molecule has 0 aliphatic heterocycles. The molecule has 0 unspecified atom stereocenters. The number of pyridine rings is 2. The summed E-state index contributed by atoms with van der Waals surface area (Å²) < 4.78 is 5.32. The van der Waals surface area contributed by atoms with Crippen molar-refractivity contribution in [1.29, 1.82) is 0 Å². The molecule has 0 saturated carbocycles. The number of nitrogens with one attached hydrogen (secondary N) is 2. The molecule has 2 N–H and O–H groups in total. The lowest BCUT2D eigenvalue weighted by Crippen LogP contribution is -2.20. The predicted octanol–water partition coefficient (Wildman–Crippen LogP) is 5.43. The number of ether oxygens (including phenoxy) is 1. The van der Waals surface area contributed by atoms with Crippen LogP contribution in [0.1, 0.15) is 0 Å². The first-order valence-corrected chi connectivity index (χ1v) is 9.72. The summed E-state index contributed by atoms with van der Waals surface area (Å²) in [6, 6.07) is 20.7. The number of urea groups is 1. The Morgan fingerprint density at radius 3 is 2.41 bits per heavy atom. The van der Waals surface area contributed by atoms with Crippen LogP contribution in [0, 0.1) is 0 Å². The summed E-state index contributed by atoms with van der Waals surface area (Å²) in [4.78, 5) is 23.1. The molecule has 0 bridgehead atoms. The predicted molar refractivity (Wildman–Crippen MR) is 116 cm³/mol. The van der Waals surface area contributed by atoms with Crippen molar-refractivity contribution >= 4 is 40.1 Å². The van der Waals surface area contributed by atoms with E-state index in [4.69, 9.17) is 4.74 Å². The van der Waals surface area contributed by atoms with Crippen molar-refractivity contribution in [2.24, 2.45) is 0 Å². The third-order valence-corrected chi connectivity index (χ3v) is 5.14. The Labute approximate surface area is 172 Å². The van der Waals surface area contributed by atoms with Crippen LogP contribution in [-0.2, 0) is 0 Å². The summed E-state index contributed by atoms with van der Waals surface area (Å²) in [7, 11) is 1.53. The van der Waals surface area contributed by atoms with Gasteiger partial charge in [0.05, 0.1) is 12.6 Å². The van der Waals surface area contributed by atoms with Crippen LogP contribution in [0.5, 0.6) is 5.88 Å². The van der Waals surface area contributed by atoms with E-state index in [0.717, 1.165) is 20.7 Å². The van der Waals surface area contributed by atoms with E-state index in [1.807, 2.05) is 66.7 Å². The zero-order valence-electron chi connectivity index (χ0n) is 15.6. The molecule has 7 heteroatoms. The Bertz CT molecular complexity index is 1130. The van der Waals surface area contributed by atoms with E-state index in [1.165, 1.54) is 7.11 Å². The summed E-state index contributed by atoms with van der Waals surface area (Å²) in [5, 5.41) is 6.55. The van der Waals surface area contributed by atoms with Crippen LogP contribution in [0.15, 0.2) is 88.9 Å². The van der Waals surface area contributed by atoms with Gasteiger partial charge in [0.2, 0.25) is 5.88 Å². The fourth-order valence-electron chi connectivity index (χ4n) is 2.78. The van der Waals surface area contributed by atoms with Crippen molar-refractivity contribution in [1.82, 2.24) is 9.97 Å². The van der Waals surface area contributed by atoms with E-state index in [9.17, 15) is 4.79 Å². The fraction of sp³-hybridized carbons (Fsp3) is 0.0455. The molecule has 2 amide bonds. The molecular weight excluding hydrogens is 384 g/mol. The maximum absolute atomic E-state index is 12.4. The fourth-order valence-corrected chi connectivity index (χ4v) is 3.58. The van der Waals surface area contributed by atoms with E-state index in [1.54, 1.807) is 24.2 Å². The molecule has 2 aromatic heterocycles. The minimum atomic E-state index is -0.366. The van der Waals surface area contributed by atoms with Gasteiger partial charge in [-0.1, -0.05) is 30.0 Å². The number of nitrogens with zero attached hydrogens (tertiary/aromatic N) is 2. The van der Waals surface area contributed by atoms with E-state index < -0.39 is 0 Å². The Kier molecular flexibility index (Phi) is 5.58. The van der Waals surface area contributed by atoms with Gasteiger partial charge in [0.25, 0.3) is 0 Å². The lowest BCUT2D eigenvalue weighted by atomic mass is 10.2. The molecule has 4 rings (SSSR count). The lowest BCUT2D eigenvalue weighted by molar-refractivity contribution is 0.262. The quantitative estimate of drug-likeness (QED) is 0.465. The summed E-state index contributed by atoms with van der Waals surface area (Å²) in [6.07, 6.45) is 3.52. The van der Waals surface area contributed by atoms with Crippen molar-refractivity contribution in [3.8, 4) is 5.88 Å². The molecule has 29 heavy (non-hydrogen) atoms. The smallest absolute Gasteiger partial charge is 0.323 e. The highest BCUT2D eigenvalue weighted by Gasteiger charge is 2.11. The number of methoxy groups -OCH3 is 1. The highest BCUT2D eigenvalue weighted by Crippen LogP contribution is 2.29. The molecule has 0 aliphatic rings. The molecule has 2 heterocycles. The first kappa shape index (κ1) is 18.8. The number of amides is 2.